The van der Waals surface area contributed by atoms with Gasteiger partial charge in [0.25, 0.3) is 5.91 Å². The fourth-order valence-corrected chi connectivity index (χ4v) is 1.73. The second-order valence-corrected chi connectivity index (χ2v) is 4.90. The fraction of sp³-hybridized carbons (Fsp3) is 0.300. The Morgan fingerprint density at radius 1 is 1.57 bits per heavy atom. The van der Waals surface area contributed by atoms with Gasteiger partial charge in [0.05, 0.1) is 0 Å². The minimum atomic E-state index is 0.000431. The minimum Gasteiger partial charge on any atom is -0.351 e. The van der Waals surface area contributed by atoms with Crippen LogP contribution in [0.25, 0.3) is 0 Å². The highest BCUT2D eigenvalue weighted by molar-refractivity contribution is 14.1. The number of rotatable bonds is 3. The summed E-state index contributed by atoms with van der Waals surface area (Å²) < 4.78 is 1.86. The van der Waals surface area contributed by atoms with Crippen LogP contribution in [0.3, 0.4) is 0 Å². The van der Waals surface area contributed by atoms with Crippen molar-refractivity contribution in [1.82, 2.24) is 5.32 Å². The molecule has 0 heterocycles. The maximum atomic E-state index is 11.6. The summed E-state index contributed by atoms with van der Waals surface area (Å²) in [7, 11) is 0. The second-order valence-electron chi connectivity index (χ2n) is 2.90. The monoisotopic (exact) mass is 367 g/mol. The van der Waals surface area contributed by atoms with Gasteiger partial charge in [0, 0.05) is 21.0 Å². The lowest BCUT2D eigenvalue weighted by atomic mass is 10.1. The lowest BCUT2D eigenvalue weighted by Crippen LogP contribution is -2.25. The van der Waals surface area contributed by atoms with Crippen molar-refractivity contribution in [2.75, 3.05) is 11.0 Å². The molecule has 0 unspecified atom stereocenters. The van der Waals surface area contributed by atoms with Crippen molar-refractivity contribution in [2.24, 2.45) is 0 Å². The molecule has 1 N–H and O–H groups in total. The molecule has 1 amide bonds. The van der Waals surface area contributed by atoms with Gasteiger partial charge in [-0.1, -0.05) is 44.6 Å². The van der Waals surface area contributed by atoms with Crippen LogP contribution in [-0.4, -0.2) is 16.9 Å². The van der Waals surface area contributed by atoms with Gasteiger partial charge in [-0.25, -0.2) is 0 Å². The normalized spacial score (nSPS) is 9.93. The molecule has 0 bridgehead atoms. The lowest BCUT2D eigenvalue weighted by molar-refractivity contribution is 0.0956. The molecule has 0 saturated heterocycles. The number of hydrogen-bond donors (Lipinski definition) is 1. The van der Waals surface area contributed by atoms with Gasteiger partial charge < -0.3 is 5.32 Å². The molecular formula is C10H11BrINO. The standard InChI is InChI=1S/C10H11BrINO/c1-7-2-3-8(11)6-9(7)10(14)13-5-4-12/h2-3,6H,4-5H2,1H3,(H,13,14). The summed E-state index contributed by atoms with van der Waals surface area (Å²) >= 11 is 5.58. The van der Waals surface area contributed by atoms with E-state index in [-0.39, 0.29) is 5.91 Å². The van der Waals surface area contributed by atoms with Crippen LogP contribution >= 0.6 is 38.5 Å². The van der Waals surface area contributed by atoms with Crippen molar-refractivity contribution in [3.05, 3.63) is 33.8 Å². The molecule has 0 fully saturated rings. The third kappa shape index (κ3) is 3.24. The summed E-state index contributed by atoms with van der Waals surface area (Å²) in [5, 5.41) is 2.85. The molecule has 0 aliphatic rings. The number of nitrogens with one attached hydrogen (secondary N) is 1. The van der Waals surface area contributed by atoms with Crippen LogP contribution in [0.2, 0.25) is 0 Å². The Balaban J connectivity index is 2.83. The van der Waals surface area contributed by atoms with Gasteiger partial charge in [-0.3, -0.25) is 4.79 Å². The molecule has 0 aromatic heterocycles. The predicted octanol–water partition coefficient (Wildman–Crippen LogP) is 2.92. The van der Waals surface area contributed by atoms with Gasteiger partial charge in [0.2, 0.25) is 0 Å². The van der Waals surface area contributed by atoms with E-state index >= 15 is 0 Å². The molecule has 1 aromatic rings. The number of aryl methyl sites for hydroxylation is 1. The van der Waals surface area contributed by atoms with E-state index in [1.54, 1.807) is 0 Å². The molecule has 2 nitrogen and oxygen atoms in total. The first-order valence-corrected chi connectivity index (χ1v) is 6.57. The van der Waals surface area contributed by atoms with Gasteiger partial charge in [-0.15, -0.1) is 0 Å². The Morgan fingerprint density at radius 2 is 2.29 bits per heavy atom. The third-order valence-corrected chi connectivity index (χ3v) is 2.86. The molecular weight excluding hydrogens is 357 g/mol. The molecule has 1 aromatic carbocycles. The molecule has 4 heteroatoms. The average Bonchev–Trinajstić information content (AvgIpc) is 2.18. The molecule has 14 heavy (non-hydrogen) atoms. The van der Waals surface area contributed by atoms with Crippen molar-refractivity contribution in [1.29, 1.82) is 0 Å². The highest BCUT2D eigenvalue weighted by Gasteiger charge is 2.07. The highest BCUT2D eigenvalue weighted by atomic mass is 127. The summed E-state index contributed by atoms with van der Waals surface area (Å²) in [6.07, 6.45) is 0. The zero-order valence-electron chi connectivity index (χ0n) is 7.81. The third-order valence-electron chi connectivity index (χ3n) is 1.82. The van der Waals surface area contributed by atoms with Crippen LogP contribution in [0, 0.1) is 6.92 Å². The van der Waals surface area contributed by atoms with E-state index in [1.807, 2.05) is 25.1 Å². The Kier molecular flexibility index (Phi) is 4.88. The molecule has 0 radical (unpaired) electrons. The van der Waals surface area contributed by atoms with Crippen molar-refractivity contribution in [3.63, 3.8) is 0 Å². The van der Waals surface area contributed by atoms with Crippen LogP contribution in [0.5, 0.6) is 0 Å². The zero-order chi connectivity index (χ0) is 10.6. The molecule has 0 aliphatic carbocycles. The summed E-state index contributed by atoms with van der Waals surface area (Å²) in [6, 6.07) is 5.71. The number of hydrogen-bond acceptors (Lipinski definition) is 1. The largest absolute Gasteiger partial charge is 0.351 e. The van der Waals surface area contributed by atoms with Gasteiger partial charge in [0.15, 0.2) is 0 Å². The Hall–Kier alpha value is -0.100. The quantitative estimate of drug-likeness (QED) is 0.646. The first kappa shape index (κ1) is 12.0. The molecule has 0 saturated carbocycles. The molecule has 1 rings (SSSR count). The van der Waals surface area contributed by atoms with Gasteiger partial charge in [-0.2, -0.15) is 0 Å². The van der Waals surface area contributed by atoms with E-state index in [0.717, 1.165) is 20.0 Å². The lowest BCUT2D eigenvalue weighted by Gasteiger charge is -2.06. The predicted molar refractivity (Wildman–Crippen MR) is 70.1 cm³/mol. The van der Waals surface area contributed by atoms with Crippen LogP contribution in [0.15, 0.2) is 22.7 Å². The maximum absolute atomic E-state index is 11.6. The fourth-order valence-electron chi connectivity index (χ4n) is 1.09. The number of amides is 1. The Morgan fingerprint density at radius 3 is 2.93 bits per heavy atom. The minimum absolute atomic E-state index is 0.000431. The van der Waals surface area contributed by atoms with Gasteiger partial charge in [0.1, 0.15) is 0 Å². The Labute approximate surface area is 106 Å². The maximum Gasteiger partial charge on any atom is 0.251 e. The second kappa shape index (κ2) is 5.70. The van der Waals surface area contributed by atoms with Crippen LogP contribution in [-0.2, 0) is 0 Å². The first-order valence-electron chi connectivity index (χ1n) is 4.25. The molecule has 0 atom stereocenters. The summed E-state index contributed by atoms with van der Waals surface area (Å²) in [4.78, 5) is 11.6. The SMILES string of the molecule is Cc1ccc(Br)cc1C(=O)NCCI. The van der Waals surface area contributed by atoms with Crippen molar-refractivity contribution >= 4 is 44.4 Å². The van der Waals surface area contributed by atoms with Gasteiger partial charge >= 0.3 is 0 Å². The summed E-state index contributed by atoms with van der Waals surface area (Å²) in [6.45, 7) is 2.65. The number of benzene rings is 1. The van der Waals surface area contributed by atoms with Crippen LogP contribution in [0.4, 0.5) is 0 Å². The van der Waals surface area contributed by atoms with E-state index in [2.05, 4.69) is 43.8 Å². The van der Waals surface area contributed by atoms with Crippen molar-refractivity contribution in [2.45, 2.75) is 6.92 Å². The van der Waals surface area contributed by atoms with Crippen molar-refractivity contribution in [3.8, 4) is 0 Å². The Bertz CT molecular complexity index is 341. The van der Waals surface area contributed by atoms with Gasteiger partial charge in [-0.05, 0) is 24.6 Å². The van der Waals surface area contributed by atoms with Crippen LogP contribution in [0.1, 0.15) is 15.9 Å². The number of alkyl halides is 1. The van der Waals surface area contributed by atoms with Crippen LogP contribution < -0.4 is 5.32 Å². The zero-order valence-corrected chi connectivity index (χ0v) is 11.6. The topological polar surface area (TPSA) is 29.1 Å². The average molecular weight is 368 g/mol. The van der Waals surface area contributed by atoms with E-state index < -0.39 is 0 Å². The smallest absolute Gasteiger partial charge is 0.251 e. The number of carbonyl (C=O) groups excluding carboxylic acids is 1. The number of halogens is 2. The summed E-state index contributed by atoms with van der Waals surface area (Å²) in [5.41, 5.74) is 1.74. The molecule has 0 spiro atoms. The molecule has 76 valence electrons. The highest BCUT2D eigenvalue weighted by Crippen LogP contribution is 2.15. The van der Waals surface area contributed by atoms with Crippen molar-refractivity contribution < 1.29 is 4.79 Å². The van der Waals surface area contributed by atoms with E-state index in [4.69, 9.17) is 0 Å². The molecule has 0 aliphatic heterocycles. The first-order chi connectivity index (χ1) is 6.65. The number of carbonyl (C=O) groups is 1. The van der Waals surface area contributed by atoms with E-state index in [9.17, 15) is 4.79 Å². The summed E-state index contributed by atoms with van der Waals surface area (Å²) in [5.74, 6) is 0.000431. The van der Waals surface area contributed by atoms with E-state index in [1.165, 1.54) is 0 Å². The van der Waals surface area contributed by atoms with E-state index in [0.29, 0.717) is 6.54 Å².